The molecule has 1 heterocycles. The summed E-state index contributed by atoms with van der Waals surface area (Å²) in [5, 5.41) is 10.5. The maximum atomic E-state index is 12.7. The van der Waals surface area contributed by atoms with Crippen LogP contribution >= 0.6 is 0 Å². The Morgan fingerprint density at radius 2 is 1.86 bits per heavy atom. The van der Waals surface area contributed by atoms with E-state index < -0.39 is 10.2 Å². The van der Waals surface area contributed by atoms with E-state index >= 15 is 0 Å². The van der Waals surface area contributed by atoms with Crippen LogP contribution in [0.1, 0.15) is 58.1 Å². The molecule has 1 aliphatic rings. The van der Waals surface area contributed by atoms with Crippen molar-refractivity contribution in [1.82, 2.24) is 13.9 Å². The van der Waals surface area contributed by atoms with Crippen LogP contribution in [-0.4, -0.2) is 61.5 Å². The number of benzene rings is 1. The molecule has 6 nitrogen and oxygen atoms in total. The zero-order valence-corrected chi connectivity index (χ0v) is 19.3. The molecule has 29 heavy (non-hydrogen) atoms. The molecule has 0 saturated carbocycles. The van der Waals surface area contributed by atoms with Crippen molar-refractivity contribution in [3.05, 3.63) is 29.3 Å². The second-order valence-electron chi connectivity index (χ2n) is 8.13. The van der Waals surface area contributed by atoms with E-state index in [1.54, 1.807) is 6.07 Å². The van der Waals surface area contributed by atoms with Crippen LogP contribution in [0.2, 0.25) is 0 Å². The zero-order chi connectivity index (χ0) is 21.4. The van der Waals surface area contributed by atoms with Gasteiger partial charge >= 0.3 is 0 Å². The van der Waals surface area contributed by atoms with Gasteiger partial charge < -0.3 is 10.0 Å². The van der Waals surface area contributed by atoms with E-state index in [-0.39, 0.29) is 6.04 Å². The predicted octanol–water partition coefficient (Wildman–Crippen LogP) is 3.16. The monoisotopic (exact) mass is 425 g/mol. The van der Waals surface area contributed by atoms with Gasteiger partial charge in [-0.25, -0.2) is 0 Å². The average Bonchev–Trinajstić information content (AvgIpc) is 2.65. The maximum Gasteiger partial charge on any atom is 0.279 e. The maximum absolute atomic E-state index is 12.7. The Kier molecular flexibility index (Phi) is 9.40. The summed E-state index contributed by atoms with van der Waals surface area (Å²) in [6, 6.07) is 5.68. The van der Waals surface area contributed by atoms with Crippen molar-refractivity contribution >= 4 is 10.2 Å². The van der Waals surface area contributed by atoms with Gasteiger partial charge in [0.05, 0.1) is 0 Å². The molecule has 2 atom stereocenters. The topological polar surface area (TPSA) is 72.9 Å². The third-order valence-electron chi connectivity index (χ3n) is 5.77. The molecule has 0 aliphatic carbocycles. The molecule has 7 heteroatoms. The Morgan fingerprint density at radius 1 is 1.14 bits per heavy atom. The van der Waals surface area contributed by atoms with E-state index in [0.717, 1.165) is 57.3 Å². The highest BCUT2D eigenvalue weighted by atomic mass is 32.2. The first-order chi connectivity index (χ1) is 13.8. The number of nitrogens with zero attached hydrogens (tertiary/aromatic N) is 2. The minimum absolute atomic E-state index is 0.105. The Balaban J connectivity index is 2.18. The number of aromatic hydroxyl groups is 1. The molecule has 1 aliphatic heterocycles. The Hall–Kier alpha value is -1.15. The van der Waals surface area contributed by atoms with Gasteiger partial charge in [-0.15, -0.1) is 0 Å². The highest BCUT2D eigenvalue weighted by molar-refractivity contribution is 7.87. The first-order valence-electron chi connectivity index (χ1n) is 11.1. The van der Waals surface area contributed by atoms with Gasteiger partial charge in [-0.1, -0.05) is 46.2 Å². The summed E-state index contributed by atoms with van der Waals surface area (Å²) in [6.07, 6.45) is 4.61. The number of nitrogens with one attached hydrogen (secondary N) is 1. The van der Waals surface area contributed by atoms with Crippen molar-refractivity contribution in [3.8, 4) is 5.75 Å². The number of piperidine rings is 1. The van der Waals surface area contributed by atoms with E-state index in [0.29, 0.717) is 24.8 Å². The molecule has 0 amide bonds. The standard InChI is InChI=1S/C22H39N3O3S/c1-5-10-19-11-9-12-22(26)21(19)15-18-14-20(17-24(16-18)13-6-2)23-29(27,28)25(7-3)8-4/h9,11-12,18,20,23,26H,5-8,10,13-17H2,1-4H3/t18-,20+/m1/s1. The number of hydrogen-bond donors (Lipinski definition) is 2. The first kappa shape index (κ1) is 24.1. The molecule has 0 bridgehead atoms. The number of hydrogen-bond acceptors (Lipinski definition) is 4. The second kappa shape index (κ2) is 11.3. The number of rotatable bonds is 11. The molecular weight excluding hydrogens is 386 g/mol. The third-order valence-corrected chi connectivity index (χ3v) is 7.60. The normalized spacial score (nSPS) is 21.0. The van der Waals surface area contributed by atoms with Gasteiger partial charge in [0.2, 0.25) is 0 Å². The first-order valence-corrected chi connectivity index (χ1v) is 12.6. The van der Waals surface area contributed by atoms with Crippen molar-refractivity contribution in [2.24, 2.45) is 5.92 Å². The summed E-state index contributed by atoms with van der Waals surface area (Å²) >= 11 is 0. The second-order valence-corrected chi connectivity index (χ2v) is 9.84. The van der Waals surface area contributed by atoms with E-state index in [1.807, 2.05) is 19.9 Å². The lowest BCUT2D eigenvalue weighted by atomic mass is 9.86. The Labute approximate surface area is 177 Å². The van der Waals surface area contributed by atoms with Crippen LogP contribution < -0.4 is 4.72 Å². The van der Waals surface area contributed by atoms with Gasteiger partial charge in [0.25, 0.3) is 10.2 Å². The number of likely N-dealkylation sites (tertiary alicyclic amines) is 1. The summed E-state index contributed by atoms with van der Waals surface area (Å²) in [6.45, 7) is 11.6. The van der Waals surface area contributed by atoms with Crippen LogP contribution in [0.5, 0.6) is 5.75 Å². The summed E-state index contributed by atoms with van der Waals surface area (Å²) in [7, 11) is -3.47. The lowest BCUT2D eigenvalue weighted by molar-refractivity contribution is 0.148. The van der Waals surface area contributed by atoms with Gasteiger partial charge in [0.1, 0.15) is 5.75 Å². The highest BCUT2D eigenvalue weighted by Crippen LogP contribution is 2.29. The van der Waals surface area contributed by atoms with Crippen molar-refractivity contribution < 1.29 is 13.5 Å². The van der Waals surface area contributed by atoms with Crippen molar-refractivity contribution in [3.63, 3.8) is 0 Å². The van der Waals surface area contributed by atoms with Crippen molar-refractivity contribution in [2.75, 3.05) is 32.7 Å². The predicted molar refractivity (Wildman–Crippen MR) is 119 cm³/mol. The lowest BCUT2D eigenvalue weighted by Crippen LogP contribution is -2.54. The molecule has 1 aromatic rings. The molecule has 2 N–H and O–H groups in total. The molecule has 0 aromatic heterocycles. The highest BCUT2D eigenvalue weighted by Gasteiger charge is 2.32. The third kappa shape index (κ3) is 6.67. The van der Waals surface area contributed by atoms with E-state index in [1.165, 1.54) is 9.87 Å². The summed E-state index contributed by atoms with van der Waals surface area (Å²) in [5.74, 6) is 0.674. The number of aryl methyl sites for hydroxylation is 1. The Morgan fingerprint density at radius 3 is 2.48 bits per heavy atom. The molecule has 1 fully saturated rings. The fourth-order valence-electron chi connectivity index (χ4n) is 4.53. The van der Waals surface area contributed by atoms with Crippen LogP contribution in [0, 0.1) is 5.92 Å². The molecule has 0 spiro atoms. The average molecular weight is 426 g/mol. The van der Waals surface area contributed by atoms with Crippen LogP contribution in [0.4, 0.5) is 0 Å². The van der Waals surface area contributed by atoms with Gasteiger partial charge in [0, 0.05) is 32.2 Å². The van der Waals surface area contributed by atoms with Crippen LogP contribution in [-0.2, 0) is 23.1 Å². The largest absolute Gasteiger partial charge is 0.508 e. The lowest BCUT2D eigenvalue weighted by Gasteiger charge is -2.39. The molecule has 0 radical (unpaired) electrons. The molecule has 2 rings (SSSR count). The number of phenols is 1. The molecule has 1 aromatic carbocycles. The van der Waals surface area contributed by atoms with Gasteiger partial charge in [-0.3, -0.25) is 0 Å². The number of phenolic OH excluding ortho intramolecular Hbond substituents is 1. The summed E-state index contributed by atoms with van der Waals surface area (Å²) in [5.41, 5.74) is 2.24. The van der Waals surface area contributed by atoms with E-state index in [4.69, 9.17) is 0 Å². The van der Waals surface area contributed by atoms with Crippen molar-refractivity contribution in [2.45, 2.75) is 65.8 Å². The fraction of sp³-hybridized carbons (Fsp3) is 0.727. The Bertz CT molecular complexity index is 735. The molecular formula is C22H39N3O3S. The van der Waals surface area contributed by atoms with E-state index in [2.05, 4.69) is 29.5 Å². The van der Waals surface area contributed by atoms with Crippen molar-refractivity contribution in [1.29, 1.82) is 0 Å². The van der Waals surface area contributed by atoms with Gasteiger partial charge in [0.15, 0.2) is 0 Å². The molecule has 1 saturated heterocycles. The SMILES string of the molecule is CCCc1cccc(O)c1C[C@H]1C[C@H](NS(=O)(=O)N(CC)CC)CN(CCC)C1. The van der Waals surface area contributed by atoms with Gasteiger partial charge in [-0.05, 0) is 55.3 Å². The summed E-state index contributed by atoms with van der Waals surface area (Å²) < 4.78 is 29.9. The summed E-state index contributed by atoms with van der Waals surface area (Å²) in [4.78, 5) is 2.36. The van der Waals surface area contributed by atoms with Crippen LogP contribution in [0.25, 0.3) is 0 Å². The van der Waals surface area contributed by atoms with Gasteiger partial charge in [-0.2, -0.15) is 17.4 Å². The minimum Gasteiger partial charge on any atom is -0.508 e. The van der Waals surface area contributed by atoms with Crippen LogP contribution in [0.3, 0.4) is 0 Å². The quantitative estimate of drug-likeness (QED) is 0.571. The smallest absolute Gasteiger partial charge is 0.279 e. The fourth-order valence-corrected chi connectivity index (χ4v) is 5.95. The minimum atomic E-state index is -3.47. The van der Waals surface area contributed by atoms with Crippen LogP contribution in [0.15, 0.2) is 18.2 Å². The van der Waals surface area contributed by atoms with E-state index in [9.17, 15) is 13.5 Å². The molecule has 0 unspecified atom stereocenters. The zero-order valence-electron chi connectivity index (χ0n) is 18.5. The molecule has 166 valence electrons.